The van der Waals surface area contributed by atoms with E-state index in [-0.39, 0.29) is 11.3 Å². The van der Waals surface area contributed by atoms with E-state index in [4.69, 9.17) is 0 Å². The highest BCUT2D eigenvalue weighted by atomic mass is 19.4. The van der Waals surface area contributed by atoms with Crippen LogP contribution in [0.3, 0.4) is 0 Å². The zero-order valence-corrected chi connectivity index (χ0v) is 15.1. The van der Waals surface area contributed by atoms with Crippen molar-refractivity contribution in [1.29, 1.82) is 0 Å². The van der Waals surface area contributed by atoms with Crippen molar-refractivity contribution < 1.29 is 22.7 Å². The first-order valence-corrected chi connectivity index (χ1v) is 8.63. The Balaban J connectivity index is 1.96. The largest absolute Gasteiger partial charge is 0.417 e. The number of aromatic nitrogens is 1. The normalized spacial score (nSPS) is 15.1. The van der Waals surface area contributed by atoms with Crippen LogP contribution in [0.25, 0.3) is 10.9 Å². The molecule has 0 spiro atoms. The summed E-state index contributed by atoms with van der Waals surface area (Å²) in [5, 5.41) is 11.4. The van der Waals surface area contributed by atoms with E-state index in [1.807, 2.05) is 0 Å². The van der Waals surface area contributed by atoms with E-state index in [2.05, 4.69) is 4.98 Å². The lowest BCUT2D eigenvalue weighted by atomic mass is 9.73. The van der Waals surface area contributed by atoms with Gasteiger partial charge in [0.25, 0.3) is 0 Å². The number of H-pyrrole nitrogens is 1. The van der Waals surface area contributed by atoms with Gasteiger partial charge in [0, 0.05) is 17.6 Å². The Morgan fingerprint density at radius 3 is 2.22 bits per heavy atom. The molecule has 0 aliphatic carbocycles. The second kappa shape index (κ2) is 6.68. The van der Waals surface area contributed by atoms with Gasteiger partial charge in [-0.2, -0.15) is 13.2 Å². The fraction of sp³-hybridized carbons (Fsp3) is 0.333. The zero-order chi connectivity index (χ0) is 19.9. The minimum Gasteiger partial charge on any atom is -0.380 e. The molecule has 0 fully saturated rings. The number of benzene rings is 2. The molecule has 0 saturated carbocycles. The lowest BCUT2D eigenvalue weighted by Crippen LogP contribution is -2.51. The van der Waals surface area contributed by atoms with Gasteiger partial charge < -0.3 is 10.1 Å². The number of hydrogen-bond donors (Lipinski definition) is 2. The number of rotatable bonds is 5. The first-order chi connectivity index (χ1) is 12.5. The third-order valence-electron chi connectivity index (χ3n) is 4.93. The van der Waals surface area contributed by atoms with Crippen molar-refractivity contribution >= 4 is 10.9 Å². The third-order valence-corrected chi connectivity index (χ3v) is 4.93. The molecule has 3 aromatic rings. The number of alkyl halides is 3. The number of fused-ring (bicyclic) bond motifs is 1. The second-order valence-corrected chi connectivity index (χ2v) is 7.63. The molecular weight excluding hydrogens is 358 g/mol. The van der Waals surface area contributed by atoms with E-state index in [9.17, 15) is 22.7 Å². The Hall–Kier alpha value is -2.34. The Labute approximate surface area is 154 Å². The quantitative estimate of drug-likeness (QED) is 0.564. The van der Waals surface area contributed by atoms with E-state index >= 15 is 0 Å². The fourth-order valence-electron chi connectivity index (χ4n) is 3.64. The van der Waals surface area contributed by atoms with E-state index in [0.29, 0.717) is 5.52 Å². The van der Waals surface area contributed by atoms with E-state index in [1.165, 1.54) is 32.0 Å². The summed E-state index contributed by atoms with van der Waals surface area (Å²) in [4.78, 5) is 2.93. The molecule has 2 N–H and O–H groups in total. The third kappa shape index (κ3) is 3.86. The molecule has 1 unspecified atom stereocenters. The summed E-state index contributed by atoms with van der Waals surface area (Å²) in [7, 11) is 0. The Morgan fingerprint density at radius 1 is 0.963 bits per heavy atom. The maximum Gasteiger partial charge on any atom is 0.417 e. The van der Waals surface area contributed by atoms with Crippen molar-refractivity contribution in [3.05, 3.63) is 71.7 Å². The van der Waals surface area contributed by atoms with Gasteiger partial charge in [0.1, 0.15) is 5.82 Å². The first kappa shape index (κ1) is 19.4. The molecule has 0 radical (unpaired) electrons. The van der Waals surface area contributed by atoms with Crippen LogP contribution in [0.4, 0.5) is 17.6 Å². The van der Waals surface area contributed by atoms with Crippen molar-refractivity contribution in [1.82, 2.24) is 4.98 Å². The van der Waals surface area contributed by atoms with Gasteiger partial charge in [-0.15, -0.1) is 0 Å². The fourth-order valence-corrected chi connectivity index (χ4v) is 3.64. The molecule has 6 heteroatoms. The van der Waals surface area contributed by atoms with Crippen LogP contribution >= 0.6 is 0 Å². The van der Waals surface area contributed by atoms with E-state index < -0.39 is 35.9 Å². The van der Waals surface area contributed by atoms with Crippen molar-refractivity contribution in [2.24, 2.45) is 0 Å². The smallest absolute Gasteiger partial charge is 0.380 e. The highest BCUT2D eigenvalue weighted by molar-refractivity contribution is 5.80. The molecule has 3 rings (SSSR count). The second-order valence-electron chi connectivity index (χ2n) is 7.63. The maximum atomic E-state index is 14.2. The van der Waals surface area contributed by atoms with Crippen molar-refractivity contribution in [3.8, 4) is 0 Å². The van der Waals surface area contributed by atoms with E-state index in [1.54, 1.807) is 36.4 Å². The van der Waals surface area contributed by atoms with Gasteiger partial charge in [-0.1, -0.05) is 50.2 Å². The Morgan fingerprint density at radius 2 is 1.59 bits per heavy atom. The van der Waals surface area contributed by atoms with Gasteiger partial charge in [-0.25, -0.2) is 4.39 Å². The number of aromatic amines is 1. The number of hydrogen-bond acceptors (Lipinski definition) is 1. The summed E-state index contributed by atoms with van der Waals surface area (Å²) in [6.45, 7) is 3.01. The van der Waals surface area contributed by atoms with Crippen LogP contribution in [0, 0.1) is 5.82 Å². The molecule has 0 amide bonds. The van der Waals surface area contributed by atoms with E-state index in [0.717, 1.165) is 5.39 Å². The zero-order valence-electron chi connectivity index (χ0n) is 15.1. The van der Waals surface area contributed by atoms with Crippen LogP contribution in [0.2, 0.25) is 0 Å². The van der Waals surface area contributed by atoms with Crippen molar-refractivity contribution in [2.45, 2.75) is 43.9 Å². The summed E-state index contributed by atoms with van der Waals surface area (Å²) in [6.07, 6.45) is -6.17. The molecule has 144 valence electrons. The van der Waals surface area contributed by atoms with Crippen LogP contribution < -0.4 is 0 Å². The van der Waals surface area contributed by atoms with Crippen LogP contribution in [-0.2, 0) is 11.8 Å². The number of aliphatic hydroxyl groups is 1. The van der Waals surface area contributed by atoms with Crippen LogP contribution in [0.1, 0.15) is 31.5 Å². The maximum absolute atomic E-state index is 14.2. The first-order valence-electron chi connectivity index (χ1n) is 8.63. The van der Waals surface area contributed by atoms with Crippen molar-refractivity contribution in [3.63, 3.8) is 0 Å². The standard InChI is InChI=1S/C21H21F4NO/c1-19(2,16-8-4-5-9-17(16)22)13-20(27,21(23,24)25)12-15-11-14-7-3-6-10-18(14)26-15/h3-11,26-27H,12-13H2,1-2H3. The highest BCUT2D eigenvalue weighted by Gasteiger charge is 2.56. The van der Waals surface area contributed by atoms with Gasteiger partial charge in [0.2, 0.25) is 0 Å². The summed E-state index contributed by atoms with van der Waals surface area (Å²) < 4.78 is 55.7. The summed E-state index contributed by atoms with van der Waals surface area (Å²) >= 11 is 0. The topological polar surface area (TPSA) is 36.0 Å². The minimum atomic E-state index is -4.87. The number of nitrogens with one attached hydrogen (secondary N) is 1. The molecular formula is C21H21F4NO. The average molecular weight is 379 g/mol. The van der Waals surface area contributed by atoms with Gasteiger partial charge in [-0.3, -0.25) is 0 Å². The van der Waals surface area contributed by atoms with Gasteiger partial charge in [0.15, 0.2) is 5.60 Å². The minimum absolute atomic E-state index is 0.143. The van der Waals surface area contributed by atoms with Crippen molar-refractivity contribution in [2.75, 3.05) is 0 Å². The predicted octanol–water partition coefficient (Wildman–Crippen LogP) is 5.51. The summed E-state index contributed by atoms with van der Waals surface area (Å²) in [5.41, 5.74) is -3.10. The number of para-hydroxylation sites is 1. The molecule has 2 aromatic carbocycles. The average Bonchev–Trinajstić information content (AvgIpc) is 2.95. The van der Waals surface area contributed by atoms with Gasteiger partial charge in [0.05, 0.1) is 0 Å². The number of halogens is 4. The molecule has 0 bridgehead atoms. The molecule has 1 aromatic heterocycles. The van der Waals surface area contributed by atoms with Gasteiger partial charge >= 0.3 is 6.18 Å². The molecule has 27 heavy (non-hydrogen) atoms. The lowest BCUT2D eigenvalue weighted by Gasteiger charge is -2.38. The Kier molecular flexibility index (Phi) is 4.80. The monoisotopic (exact) mass is 379 g/mol. The highest BCUT2D eigenvalue weighted by Crippen LogP contribution is 2.43. The molecule has 0 saturated heterocycles. The van der Waals surface area contributed by atoms with Crippen LogP contribution in [0.5, 0.6) is 0 Å². The Bertz CT molecular complexity index is 912. The lowest BCUT2D eigenvalue weighted by molar-refractivity contribution is -0.266. The van der Waals surface area contributed by atoms with Crippen LogP contribution in [-0.4, -0.2) is 21.9 Å². The SMILES string of the molecule is CC(C)(CC(O)(Cc1cc2ccccc2[nH]1)C(F)(F)F)c1ccccc1F. The predicted molar refractivity (Wildman–Crippen MR) is 97.1 cm³/mol. The van der Waals surface area contributed by atoms with Gasteiger partial charge in [-0.05, 0) is 41.0 Å². The molecule has 2 nitrogen and oxygen atoms in total. The summed E-state index contributed by atoms with van der Waals surface area (Å²) in [5.74, 6) is -0.586. The molecule has 1 atom stereocenters. The molecule has 1 heterocycles. The molecule has 0 aliphatic heterocycles. The van der Waals surface area contributed by atoms with Crippen LogP contribution in [0.15, 0.2) is 54.6 Å². The summed E-state index contributed by atoms with van der Waals surface area (Å²) in [6, 6.07) is 14.4. The molecule has 0 aliphatic rings.